The second-order valence-corrected chi connectivity index (χ2v) is 4.02. The number of hydrogen-bond donors (Lipinski definition) is 1. The van der Waals surface area contributed by atoms with Crippen LogP contribution in [0.3, 0.4) is 0 Å². The van der Waals surface area contributed by atoms with Crippen molar-refractivity contribution in [3.8, 4) is 17.0 Å². The number of ether oxygens (including phenoxy) is 1. The minimum absolute atomic E-state index is 0.149. The van der Waals surface area contributed by atoms with Gasteiger partial charge >= 0.3 is 5.97 Å². The number of carbonyl (C=O) groups is 1. The Morgan fingerprint density at radius 3 is 2.78 bits per heavy atom. The first-order valence-corrected chi connectivity index (χ1v) is 5.53. The van der Waals surface area contributed by atoms with Crippen molar-refractivity contribution >= 4 is 17.6 Å². The average molecular weight is 264 g/mol. The highest BCUT2D eigenvalue weighted by molar-refractivity contribution is 6.31. The standard InChI is InChI=1S/C13H10ClNO3/c1-18-12-6-8(4-5-15-12)10-3-2-9(14)7-11(10)13(16)17/h2-7H,1H3,(H,16,17). The molecular weight excluding hydrogens is 254 g/mol. The second kappa shape index (κ2) is 5.06. The highest BCUT2D eigenvalue weighted by Gasteiger charge is 2.13. The number of nitrogens with zero attached hydrogens (tertiary/aromatic N) is 1. The van der Waals surface area contributed by atoms with Gasteiger partial charge in [0.15, 0.2) is 0 Å². The molecule has 1 aromatic heterocycles. The largest absolute Gasteiger partial charge is 0.481 e. The molecular formula is C13H10ClNO3. The fraction of sp³-hybridized carbons (Fsp3) is 0.0769. The molecule has 4 nitrogen and oxygen atoms in total. The van der Waals surface area contributed by atoms with Gasteiger partial charge in [-0.15, -0.1) is 0 Å². The van der Waals surface area contributed by atoms with Crippen molar-refractivity contribution in [2.45, 2.75) is 0 Å². The Hall–Kier alpha value is -2.07. The Labute approximate surface area is 109 Å². The van der Waals surface area contributed by atoms with E-state index in [9.17, 15) is 9.90 Å². The van der Waals surface area contributed by atoms with Gasteiger partial charge in [0.25, 0.3) is 0 Å². The van der Waals surface area contributed by atoms with Gasteiger partial charge in [0, 0.05) is 17.3 Å². The van der Waals surface area contributed by atoms with Crippen molar-refractivity contribution in [2.75, 3.05) is 7.11 Å². The first-order valence-electron chi connectivity index (χ1n) is 5.15. The van der Waals surface area contributed by atoms with E-state index in [1.165, 1.54) is 13.2 Å². The van der Waals surface area contributed by atoms with Crippen LogP contribution in [0, 0.1) is 0 Å². The zero-order valence-electron chi connectivity index (χ0n) is 9.55. The monoisotopic (exact) mass is 263 g/mol. The maximum Gasteiger partial charge on any atom is 0.336 e. The van der Waals surface area contributed by atoms with Crippen LogP contribution >= 0.6 is 11.6 Å². The predicted octanol–water partition coefficient (Wildman–Crippen LogP) is 3.11. The maximum atomic E-state index is 11.2. The number of pyridine rings is 1. The Morgan fingerprint density at radius 1 is 1.33 bits per heavy atom. The van der Waals surface area contributed by atoms with Crippen molar-refractivity contribution in [2.24, 2.45) is 0 Å². The molecule has 92 valence electrons. The Balaban J connectivity index is 2.59. The minimum Gasteiger partial charge on any atom is -0.481 e. The number of carboxylic acid groups (broad SMARTS) is 1. The lowest BCUT2D eigenvalue weighted by Gasteiger charge is -2.07. The lowest BCUT2D eigenvalue weighted by molar-refractivity contribution is 0.0697. The molecule has 0 aliphatic carbocycles. The molecule has 5 heteroatoms. The molecule has 0 saturated carbocycles. The summed E-state index contributed by atoms with van der Waals surface area (Å²) < 4.78 is 5.02. The average Bonchev–Trinajstić information content (AvgIpc) is 2.38. The number of carboxylic acids is 1. The Bertz CT molecular complexity index is 599. The minimum atomic E-state index is -1.02. The Kier molecular flexibility index (Phi) is 3.48. The summed E-state index contributed by atoms with van der Waals surface area (Å²) in [7, 11) is 1.51. The summed E-state index contributed by atoms with van der Waals surface area (Å²) in [6.45, 7) is 0. The summed E-state index contributed by atoms with van der Waals surface area (Å²) in [4.78, 5) is 15.2. The first kappa shape index (κ1) is 12.4. The molecule has 2 aromatic rings. The molecule has 2 rings (SSSR count). The molecule has 0 saturated heterocycles. The number of aromatic nitrogens is 1. The van der Waals surface area contributed by atoms with Crippen molar-refractivity contribution < 1.29 is 14.6 Å². The van der Waals surface area contributed by atoms with E-state index in [4.69, 9.17) is 16.3 Å². The van der Waals surface area contributed by atoms with Crippen LogP contribution in [0.1, 0.15) is 10.4 Å². The molecule has 0 fully saturated rings. The van der Waals surface area contributed by atoms with Gasteiger partial charge in [0.2, 0.25) is 5.88 Å². The lowest BCUT2D eigenvalue weighted by atomic mass is 10.0. The van der Waals surface area contributed by atoms with Crippen molar-refractivity contribution in [1.29, 1.82) is 0 Å². The predicted molar refractivity (Wildman–Crippen MR) is 68.2 cm³/mol. The molecule has 0 radical (unpaired) electrons. The topological polar surface area (TPSA) is 59.4 Å². The van der Waals surface area contributed by atoms with Crippen LogP contribution in [-0.4, -0.2) is 23.2 Å². The van der Waals surface area contributed by atoms with E-state index in [1.54, 1.807) is 30.5 Å². The van der Waals surface area contributed by atoms with Crippen LogP contribution in [0.15, 0.2) is 36.5 Å². The van der Waals surface area contributed by atoms with Gasteiger partial charge < -0.3 is 9.84 Å². The molecule has 0 bridgehead atoms. The summed E-state index contributed by atoms with van der Waals surface area (Å²) in [6, 6.07) is 8.14. The third-order valence-corrected chi connectivity index (χ3v) is 2.70. The first-order chi connectivity index (χ1) is 8.61. The lowest BCUT2D eigenvalue weighted by Crippen LogP contribution is -1.99. The van der Waals surface area contributed by atoms with Crippen LogP contribution in [-0.2, 0) is 0 Å². The zero-order valence-corrected chi connectivity index (χ0v) is 10.3. The number of rotatable bonds is 3. The van der Waals surface area contributed by atoms with Gasteiger partial charge in [0.1, 0.15) is 0 Å². The SMILES string of the molecule is COc1cc(-c2ccc(Cl)cc2C(=O)O)ccn1. The Morgan fingerprint density at radius 2 is 2.11 bits per heavy atom. The van der Waals surface area contributed by atoms with Crippen LogP contribution in [0.25, 0.3) is 11.1 Å². The highest BCUT2D eigenvalue weighted by atomic mass is 35.5. The van der Waals surface area contributed by atoms with Crippen molar-refractivity contribution in [3.05, 3.63) is 47.1 Å². The molecule has 0 aliphatic heterocycles. The fourth-order valence-corrected chi connectivity index (χ4v) is 1.81. The van der Waals surface area contributed by atoms with E-state index in [0.29, 0.717) is 16.5 Å². The van der Waals surface area contributed by atoms with Crippen LogP contribution < -0.4 is 4.74 Å². The van der Waals surface area contributed by atoms with Gasteiger partial charge in [0.05, 0.1) is 12.7 Å². The zero-order chi connectivity index (χ0) is 13.1. The van der Waals surface area contributed by atoms with Gasteiger partial charge in [-0.05, 0) is 29.3 Å². The van der Waals surface area contributed by atoms with Crippen LogP contribution in [0.4, 0.5) is 0 Å². The number of methoxy groups -OCH3 is 1. The summed E-state index contributed by atoms with van der Waals surface area (Å²) in [6.07, 6.45) is 1.56. The van der Waals surface area contributed by atoms with Crippen LogP contribution in [0.5, 0.6) is 5.88 Å². The maximum absolute atomic E-state index is 11.2. The summed E-state index contributed by atoms with van der Waals surface area (Å²) in [5.41, 5.74) is 1.44. The van der Waals surface area contributed by atoms with E-state index >= 15 is 0 Å². The van der Waals surface area contributed by atoms with Gasteiger partial charge in [-0.25, -0.2) is 9.78 Å². The number of aromatic carboxylic acids is 1. The molecule has 18 heavy (non-hydrogen) atoms. The number of benzene rings is 1. The molecule has 1 heterocycles. The second-order valence-electron chi connectivity index (χ2n) is 3.58. The van der Waals surface area contributed by atoms with Crippen molar-refractivity contribution in [1.82, 2.24) is 4.98 Å². The highest BCUT2D eigenvalue weighted by Crippen LogP contribution is 2.28. The molecule has 1 N–H and O–H groups in total. The molecule has 0 atom stereocenters. The smallest absolute Gasteiger partial charge is 0.336 e. The summed E-state index contributed by atoms with van der Waals surface area (Å²) >= 11 is 5.81. The van der Waals surface area contributed by atoms with Gasteiger partial charge in [-0.2, -0.15) is 0 Å². The molecule has 0 unspecified atom stereocenters. The third kappa shape index (κ3) is 2.43. The van der Waals surface area contributed by atoms with Crippen LogP contribution in [0.2, 0.25) is 5.02 Å². The van der Waals surface area contributed by atoms with E-state index in [2.05, 4.69) is 4.98 Å². The van der Waals surface area contributed by atoms with Gasteiger partial charge in [-0.3, -0.25) is 0 Å². The number of halogens is 1. The molecule has 0 aliphatic rings. The van der Waals surface area contributed by atoms with Gasteiger partial charge in [-0.1, -0.05) is 17.7 Å². The molecule has 1 aromatic carbocycles. The molecule has 0 amide bonds. The summed E-state index contributed by atoms with van der Waals surface area (Å²) in [5.74, 6) is -0.595. The van der Waals surface area contributed by atoms with E-state index in [-0.39, 0.29) is 5.56 Å². The van der Waals surface area contributed by atoms with E-state index in [1.807, 2.05) is 0 Å². The van der Waals surface area contributed by atoms with E-state index in [0.717, 1.165) is 5.56 Å². The quantitative estimate of drug-likeness (QED) is 0.924. The fourth-order valence-electron chi connectivity index (χ4n) is 1.63. The summed E-state index contributed by atoms with van der Waals surface area (Å²) in [5, 5.41) is 9.56. The van der Waals surface area contributed by atoms with E-state index < -0.39 is 5.97 Å². The van der Waals surface area contributed by atoms with Crippen molar-refractivity contribution in [3.63, 3.8) is 0 Å². The number of hydrogen-bond acceptors (Lipinski definition) is 3. The third-order valence-electron chi connectivity index (χ3n) is 2.47. The normalized spacial score (nSPS) is 10.1. The molecule has 0 spiro atoms.